The van der Waals surface area contributed by atoms with Crippen LogP contribution in [0.2, 0.25) is 0 Å². The van der Waals surface area contributed by atoms with Gasteiger partial charge in [-0.3, -0.25) is 14.4 Å². The Morgan fingerprint density at radius 1 is 1.03 bits per heavy atom. The van der Waals surface area contributed by atoms with Gasteiger partial charge in [0.25, 0.3) is 0 Å². The Hall–Kier alpha value is -3.84. The van der Waals surface area contributed by atoms with Gasteiger partial charge in [0.1, 0.15) is 18.1 Å². The van der Waals surface area contributed by atoms with Gasteiger partial charge in [0.05, 0.1) is 12.9 Å². The van der Waals surface area contributed by atoms with Crippen LogP contribution < -0.4 is 21.7 Å². The van der Waals surface area contributed by atoms with Crippen LogP contribution in [0, 0.1) is 0 Å². The SMILES string of the molecule is CSCCC(NC(=O)CN)C(=O)NC(Cc1c[nH]c2ccccc12)C(=O)NC(Cc1cnc[nH]1)C(=O)O. The first-order valence-corrected chi connectivity index (χ1v) is 13.1. The van der Waals surface area contributed by atoms with Gasteiger partial charge in [-0.2, -0.15) is 11.8 Å². The lowest BCUT2D eigenvalue weighted by molar-refractivity contribution is -0.142. The van der Waals surface area contributed by atoms with Gasteiger partial charge in [0, 0.05) is 41.8 Å². The molecule has 0 aliphatic heterocycles. The number of nitrogens with one attached hydrogen (secondary N) is 5. The van der Waals surface area contributed by atoms with Crippen molar-refractivity contribution in [2.75, 3.05) is 18.6 Å². The van der Waals surface area contributed by atoms with E-state index in [1.54, 1.807) is 6.20 Å². The topological polar surface area (TPSA) is 195 Å². The molecule has 198 valence electrons. The van der Waals surface area contributed by atoms with Gasteiger partial charge in [-0.25, -0.2) is 9.78 Å². The number of amides is 3. The molecule has 0 radical (unpaired) electrons. The predicted octanol–water partition coefficient (Wildman–Crippen LogP) is -0.0730. The molecule has 0 saturated carbocycles. The Morgan fingerprint density at radius 3 is 2.43 bits per heavy atom. The molecule has 8 N–H and O–H groups in total. The number of rotatable bonds is 14. The maximum Gasteiger partial charge on any atom is 0.326 e. The molecule has 0 saturated heterocycles. The Bertz CT molecular complexity index is 1210. The lowest BCUT2D eigenvalue weighted by atomic mass is 10.0. The van der Waals surface area contributed by atoms with Crippen LogP contribution in [-0.2, 0) is 32.0 Å². The van der Waals surface area contributed by atoms with E-state index in [1.807, 2.05) is 30.5 Å². The van der Waals surface area contributed by atoms with E-state index in [9.17, 15) is 24.3 Å². The van der Waals surface area contributed by atoms with E-state index >= 15 is 0 Å². The van der Waals surface area contributed by atoms with Crippen LogP contribution in [0.3, 0.4) is 0 Å². The van der Waals surface area contributed by atoms with E-state index in [1.165, 1.54) is 24.3 Å². The van der Waals surface area contributed by atoms with E-state index in [2.05, 4.69) is 30.9 Å². The molecule has 0 aliphatic rings. The van der Waals surface area contributed by atoms with Crippen molar-refractivity contribution in [3.8, 4) is 0 Å². The van der Waals surface area contributed by atoms with Crippen LogP contribution in [0.25, 0.3) is 10.9 Å². The highest BCUT2D eigenvalue weighted by Crippen LogP contribution is 2.19. The third-order valence-electron chi connectivity index (χ3n) is 5.77. The van der Waals surface area contributed by atoms with Gasteiger partial charge in [-0.05, 0) is 30.1 Å². The maximum absolute atomic E-state index is 13.4. The largest absolute Gasteiger partial charge is 0.480 e. The Balaban J connectivity index is 1.84. The molecule has 3 amide bonds. The smallest absolute Gasteiger partial charge is 0.326 e. The monoisotopic (exact) mass is 529 g/mol. The summed E-state index contributed by atoms with van der Waals surface area (Å²) >= 11 is 1.51. The number of imidazole rings is 1. The van der Waals surface area contributed by atoms with Crippen molar-refractivity contribution in [2.45, 2.75) is 37.4 Å². The van der Waals surface area contributed by atoms with Gasteiger partial charge in [-0.1, -0.05) is 18.2 Å². The number of nitrogens with zero attached hydrogens (tertiary/aromatic N) is 1. The van der Waals surface area contributed by atoms with Crippen LogP contribution in [0.15, 0.2) is 43.0 Å². The zero-order chi connectivity index (χ0) is 26.8. The third kappa shape index (κ3) is 7.82. The lowest BCUT2D eigenvalue weighted by Gasteiger charge is -2.24. The molecule has 12 nitrogen and oxygen atoms in total. The van der Waals surface area contributed by atoms with E-state index in [4.69, 9.17) is 5.73 Å². The zero-order valence-corrected chi connectivity index (χ0v) is 21.1. The summed E-state index contributed by atoms with van der Waals surface area (Å²) in [5.41, 5.74) is 7.56. The molecule has 0 fully saturated rings. The van der Waals surface area contributed by atoms with Gasteiger partial charge < -0.3 is 36.8 Å². The molecule has 3 atom stereocenters. The van der Waals surface area contributed by atoms with Gasteiger partial charge in [0.2, 0.25) is 17.7 Å². The molecule has 1 aromatic carbocycles. The number of para-hydroxylation sites is 1. The highest BCUT2D eigenvalue weighted by Gasteiger charge is 2.30. The molecular weight excluding hydrogens is 498 g/mol. The molecule has 3 aromatic rings. The summed E-state index contributed by atoms with van der Waals surface area (Å²) in [7, 11) is 0. The van der Waals surface area contributed by atoms with Crippen molar-refractivity contribution in [1.29, 1.82) is 0 Å². The number of H-pyrrole nitrogens is 2. The first kappa shape index (κ1) is 27.7. The average Bonchev–Trinajstić information content (AvgIpc) is 3.55. The first-order chi connectivity index (χ1) is 17.8. The summed E-state index contributed by atoms with van der Waals surface area (Å²) < 4.78 is 0. The van der Waals surface area contributed by atoms with E-state index in [-0.39, 0.29) is 19.4 Å². The number of aromatic nitrogens is 3. The van der Waals surface area contributed by atoms with Crippen LogP contribution >= 0.6 is 11.8 Å². The number of carboxylic acid groups (broad SMARTS) is 1. The second-order valence-corrected chi connectivity index (χ2v) is 9.40. The summed E-state index contributed by atoms with van der Waals surface area (Å²) in [5, 5.41) is 18.4. The summed E-state index contributed by atoms with van der Waals surface area (Å²) in [6, 6.07) is 4.25. The number of hydrogen-bond acceptors (Lipinski definition) is 7. The molecule has 3 rings (SSSR count). The second-order valence-electron chi connectivity index (χ2n) is 8.41. The number of thioether (sulfide) groups is 1. The van der Waals surface area contributed by atoms with Crippen molar-refractivity contribution >= 4 is 46.4 Å². The maximum atomic E-state index is 13.4. The molecule has 2 heterocycles. The Morgan fingerprint density at radius 2 is 1.76 bits per heavy atom. The Kier molecular flexibility index (Phi) is 10.1. The molecule has 0 spiro atoms. The number of aromatic amines is 2. The standard InChI is InChI=1S/C24H31N7O5S/c1-37-7-6-18(29-21(32)10-25)22(33)30-19(8-14-11-27-17-5-3-2-4-16(14)17)23(34)31-20(24(35)36)9-15-12-26-13-28-15/h2-5,11-13,18-20,27H,6-10,25H2,1H3,(H,26,28)(H,29,32)(H,30,33)(H,31,34)(H,35,36). The number of fused-ring (bicyclic) bond motifs is 1. The van der Waals surface area contributed by atoms with Gasteiger partial charge in [0.15, 0.2) is 0 Å². The average molecular weight is 530 g/mol. The minimum absolute atomic E-state index is 0.0161. The van der Waals surface area contributed by atoms with Crippen molar-refractivity contribution in [3.05, 3.63) is 54.2 Å². The summed E-state index contributed by atoms with van der Waals surface area (Å²) in [5.74, 6) is -2.36. The number of benzene rings is 1. The third-order valence-corrected chi connectivity index (χ3v) is 6.42. The fourth-order valence-electron chi connectivity index (χ4n) is 3.85. The van der Waals surface area contributed by atoms with Crippen molar-refractivity contribution < 1.29 is 24.3 Å². The summed E-state index contributed by atoms with van der Waals surface area (Å²) in [6.07, 6.45) is 6.92. The zero-order valence-electron chi connectivity index (χ0n) is 20.3. The minimum Gasteiger partial charge on any atom is -0.480 e. The van der Waals surface area contributed by atoms with Crippen LogP contribution in [0.1, 0.15) is 17.7 Å². The van der Waals surface area contributed by atoms with E-state index in [0.29, 0.717) is 17.9 Å². The van der Waals surface area contributed by atoms with Gasteiger partial charge >= 0.3 is 5.97 Å². The van der Waals surface area contributed by atoms with E-state index in [0.717, 1.165) is 16.5 Å². The molecule has 0 aliphatic carbocycles. The fraction of sp³-hybridized carbons (Fsp3) is 0.375. The number of carbonyl (C=O) groups is 4. The number of hydrogen-bond donors (Lipinski definition) is 7. The van der Waals surface area contributed by atoms with Crippen molar-refractivity contribution in [3.63, 3.8) is 0 Å². The molecule has 3 unspecified atom stereocenters. The van der Waals surface area contributed by atoms with Crippen molar-refractivity contribution in [1.82, 2.24) is 30.9 Å². The number of carbonyl (C=O) groups excluding carboxylic acids is 3. The van der Waals surface area contributed by atoms with E-state index < -0.39 is 41.8 Å². The quantitative estimate of drug-likeness (QED) is 0.151. The number of nitrogens with two attached hydrogens (primary N) is 1. The van der Waals surface area contributed by atoms with Gasteiger partial charge in [-0.15, -0.1) is 0 Å². The highest BCUT2D eigenvalue weighted by molar-refractivity contribution is 7.98. The molecule has 13 heteroatoms. The molecule has 0 bridgehead atoms. The second kappa shape index (κ2) is 13.5. The molecule has 2 aromatic heterocycles. The highest BCUT2D eigenvalue weighted by atomic mass is 32.2. The van der Waals surface area contributed by atoms with Crippen LogP contribution in [0.4, 0.5) is 0 Å². The number of carboxylic acids is 1. The number of aliphatic carboxylic acids is 1. The lowest BCUT2D eigenvalue weighted by Crippen LogP contribution is -2.57. The normalized spacial score (nSPS) is 13.5. The summed E-state index contributed by atoms with van der Waals surface area (Å²) in [6.45, 7) is -0.282. The predicted molar refractivity (Wildman–Crippen MR) is 140 cm³/mol. The minimum atomic E-state index is -1.25. The first-order valence-electron chi connectivity index (χ1n) is 11.7. The summed E-state index contributed by atoms with van der Waals surface area (Å²) in [4.78, 5) is 60.2. The fourth-order valence-corrected chi connectivity index (χ4v) is 4.32. The Labute approximate surface area is 217 Å². The molecular formula is C24H31N7O5S. The molecule has 37 heavy (non-hydrogen) atoms. The van der Waals surface area contributed by atoms with Crippen molar-refractivity contribution in [2.24, 2.45) is 5.73 Å². The van der Waals surface area contributed by atoms with Crippen LogP contribution in [-0.4, -0.2) is 80.4 Å². The van der Waals surface area contributed by atoms with Crippen LogP contribution in [0.5, 0.6) is 0 Å².